The quantitative estimate of drug-likeness (QED) is 0.548. The van der Waals surface area contributed by atoms with Gasteiger partial charge in [-0.2, -0.15) is 0 Å². The first-order chi connectivity index (χ1) is 13.3. The second kappa shape index (κ2) is 8.22. The Labute approximate surface area is 160 Å². The highest BCUT2D eigenvalue weighted by Crippen LogP contribution is 2.44. The lowest BCUT2D eigenvalue weighted by Gasteiger charge is -2.38. The van der Waals surface area contributed by atoms with Gasteiger partial charge in [0.2, 0.25) is 0 Å². The molecule has 3 atom stereocenters. The Balaban J connectivity index is 1.72. The van der Waals surface area contributed by atoms with Crippen LogP contribution in [-0.2, 0) is 14.2 Å². The first-order valence-electron chi connectivity index (χ1n) is 9.54. The van der Waals surface area contributed by atoms with Crippen LogP contribution < -0.4 is 0 Å². The molecule has 0 spiro atoms. The van der Waals surface area contributed by atoms with Gasteiger partial charge >= 0.3 is 0 Å². The van der Waals surface area contributed by atoms with Gasteiger partial charge in [0.25, 0.3) is 0 Å². The van der Waals surface area contributed by atoms with Crippen LogP contribution in [0.15, 0.2) is 72.8 Å². The average molecular weight is 362 g/mol. The van der Waals surface area contributed by atoms with Crippen LogP contribution in [0.25, 0.3) is 10.8 Å². The molecule has 1 aliphatic rings. The minimum Gasteiger partial charge on any atom is -0.366 e. The predicted octanol–water partition coefficient (Wildman–Crippen LogP) is 5.67. The summed E-state index contributed by atoms with van der Waals surface area (Å²) in [7, 11) is 3.43. The zero-order valence-corrected chi connectivity index (χ0v) is 15.9. The summed E-state index contributed by atoms with van der Waals surface area (Å²) in [5.74, 6) is 0.267. The summed E-state index contributed by atoms with van der Waals surface area (Å²) < 4.78 is 17.9. The smallest absolute Gasteiger partial charge is 0.159 e. The van der Waals surface area contributed by atoms with E-state index in [1.54, 1.807) is 14.2 Å². The first kappa shape index (κ1) is 18.2. The summed E-state index contributed by atoms with van der Waals surface area (Å²) in [6.45, 7) is 0. The molecule has 3 heteroatoms. The fraction of sp³-hybridized carbons (Fsp3) is 0.333. The molecule has 0 radical (unpaired) electrons. The molecule has 3 nitrogen and oxygen atoms in total. The lowest BCUT2D eigenvalue weighted by molar-refractivity contribution is -0.181. The molecule has 140 valence electrons. The molecule has 0 aliphatic carbocycles. The van der Waals surface area contributed by atoms with Gasteiger partial charge in [-0.3, -0.25) is 0 Å². The van der Waals surface area contributed by atoms with Crippen LogP contribution in [0.2, 0.25) is 0 Å². The second-order valence-corrected chi connectivity index (χ2v) is 7.16. The Kier molecular flexibility index (Phi) is 5.53. The van der Waals surface area contributed by atoms with E-state index < -0.39 is 0 Å². The highest BCUT2D eigenvalue weighted by molar-refractivity contribution is 5.86. The van der Waals surface area contributed by atoms with Gasteiger partial charge in [0, 0.05) is 20.1 Å². The zero-order chi connectivity index (χ0) is 18.6. The van der Waals surface area contributed by atoms with Gasteiger partial charge in [-0.05, 0) is 34.7 Å². The van der Waals surface area contributed by atoms with Gasteiger partial charge in [-0.25, -0.2) is 0 Å². The fourth-order valence-electron chi connectivity index (χ4n) is 4.27. The van der Waals surface area contributed by atoms with E-state index in [-0.39, 0.29) is 24.4 Å². The molecule has 3 aromatic carbocycles. The zero-order valence-electron chi connectivity index (χ0n) is 15.9. The predicted molar refractivity (Wildman–Crippen MR) is 107 cm³/mol. The Morgan fingerprint density at radius 1 is 0.778 bits per heavy atom. The molecule has 0 bridgehead atoms. The molecule has 27 heavy (non-hydrogen) atoms. The molecule has 0 aromatic heterocycles. The van der Waals surface area contributed by atoms with Crippen LogP contribution in [0.1, 0.15) is 36.2 Å². The van der Waals surface area contributed by atoms with E-state index >= 15 is 0 Å². The van der Waals surface area contributed by atoms with E-state index in [0.29, 0.717) is 0 Å². The molecular formula is C24H26O3. The van der Waals surface area contributed by atoms with E-state index in [9.17, 15) is 0 Å². The number of ether oxygens (including phenoxy) is 3. The molecule has 1 fully saturated rings. The monoisotopic (exact) mass is 362 g/mol. The van der Waals surface area contributed by atoms with Crippen molar-refractivity contribution < 1.29 is 14.2 Å². The molecule has 1 heterocycles. The maximum Gasteiger partial charge on any atom is 0.159 e. The van der Waals surface area contributed by atoms with Crippen LogP contribution in [0.4, 0.5) is 0 Å². The topological polar surface area (TPSA) is 27.7 Å². The van der Waals surface area contributed by atoms with Gasteiger partial charge in [-0.15, -0.1) is 0 Å². The summed E-state index contributed by atoms with van der Waals surface area (Å²) >= 11 is 0. The van der Waals surface area contributed by atoms with Crippen molar-refractivity contribution in [2.75, 3.05) is 14.2 Å². The molecule has 3 aromatic rings. The van der Waals surface area contributed by atoms with Crippen LogP contribution in [0.3, 0.4) is 0 Å². The van der Waals surface area contributed by atoms with E-state index in [2.05, 4.69) is 66.7 Å². The van der Waals surface area contributed by atoms with E-state index in [1.165, 1.54) is 21.9 Å². The Bertz CT molecular complexity index is 868. The molecule has 0 N–H and O–H groups in total. The summed E-state index contributed by atoms with van der Waals surface area (Å²) in [5, 5.41) is 2.50. The summed E-state index contributed by atoms with van der Waals surface area (Å²) in [6.07, 6.45) is 1.58. The number of benzene rings is 3. The summed E-state index contributed by atoms with van der Waals surface area (Å²) in [4.78, 5) is 0. The van der Waals surface area contributed by atoms with Gasteiger partial charge in [0.05, 0.1) is 12.2 Å². The van der Waals surface area contributed by atoms with E-state index in [0.717, 1.165) is 12.8 Å². The molecule has 1 saturated heterocycles. The third-order valence-electron chi connectivity index (χ3n) is 5.55. The van der Waals surface area contributed by atoms with Gasteiger partial charge in [-0.1, -0.05) is 72.8 Å². The number of rotatable bonds is 5. The number of hydrogen-bond acceptors (Lipinski definition) is 3. The standard InChI is InChI=1S/C24H26O3/c1-25-24(26-2)19-15-22(18-10-4-3-5-11-18)27-23(16-19)21-14-8-12-17-9-6-7-13-20(17)21/h3-14,19,22-24H,15-16H2,1-2H3/t19-,22-,23+/m0/s1. The van der Waals surface area contributed by atoms with E-state index in [4.69, 9.17) is 14.2 Å². The number of methoxy groups -OCH3 is 2. The Morgan fingerprint density at radius 2 is 1.44 bits per heavy atom. The highest BCUT2D eigenvalue weighted by Gasteiger charge is 2.36. The van der Waals surface area contributed by atoms with E-state index in [1.807, 2.05) is 6.07 Å². The Hall–Kier alpha value is -2.20. The maximum atomic E-state index is 6.62. The lowest BCUT2D eigenvalue weighted by Crippen LogP contribution is -2.33. The van der Waals surface area contributed by atoms with Gasteiger partial charge < -0.3 is 14.2 Å². The third kappa shape index (κ3) is 3.77. The number of hydrogen-bond donors (Lipinski definition) is 0. The largest absolute Gasteiger partial charge is 0.366 e. The second-order valence-electron chi connectivity index (χ2n) is 7.16. The minimum absolute atomic E-state index is 0.00727. The molecule has 0 amide bonds. The summed E-state index contributed by atoms with van der Waals surface area (Å²) in [5.41, 5.74) is 2.45. The highest BCUT2D eigenvalue weighted by atomic mass is 16.7. The number of fused-ring (bicyclic) bond motifs is 1. The summed E-state index contributed by atoms with van der Waals surface area (Å²) in [6, 6.07) is 25.4. The lowest BCUT2D eigenvalue weighted by atomic mass is 9.85. The maximum absolute atomic E-state index is 6.62. The van der Waals surface area contributed by atoms with Crippen molar-refractivity contribution >= 4 is 10.8 Å². The van der Waals surface area contributed by atoms with Crippen molar-refractivity contribution in [1.82, 2.24) is 0 Å². The molecule has 1 aliphatic heterocycles. The fourth-order valence-corrected chi connectivity index (χ4v) is 4.27. The molecule has 0 unspecified atom stereocenters. The van der Waals surface area contributed by atoms with Gasteiger partial charge in [0.1, 0.15) is 0 Å². The van der Waals surface area contributed by atoms with Crippen LogP contribution in [-0.4, -0.2) is 20.5 Å². The van der Waals surface area contributed by atoms with Crippen molar-refractivity contribution in [3.05, 3.63) is 83.9 Å². The van der Waals surface area contributed by atoms with Crippen LogP contribution in [0.5, 0.6) is 0 Å². The van der Waals surface area contributed by atoms with Crippen molar-refractivity contribution in [2.45, 2.75) is 31.3 Å². The SMILES string of the molecule is COC(OC)[C@H]1C[C@@H](c2ccccc2)O[C@@H](c2cccc3ccccc23)C1. The van der Waals surface area contributed by atoms with Gasteiger partial charge in [0.15, 0.2) is 6.29 Å². The normalized spacial score (nSPS) is 23.0. The average Bonchev–Trinajstić information content (AvgIpc) is 2.74. The van der Waals surface area contributed by atoms with Crippen LogP contribution >= 0.6 is 0 Å². The van der Waals surface area contributed by atoms with Crippen molar-refractivity contribution in [3.63, 3.8) is 0 Å². The first-order valence-corrected chi connectivity index (χ1v) is 9.54. The minimum atomic E-state index is -0.224. The Morgan fingerprint density at radius 3 is 2.22 bits per heavy atom. The molecule has 4 rings (SSSR count). The van der Waals surface area contributed by atoms with Crippen molar-refractivity contribution in [2.24, 2.45) is 5.92 Å². The molecular weight excluding hydrogens is 336 g/mol. The third-order valence-corrected chi connectivity index (χ3v) is 5.55. The van der Waals surface area contributed by atoms with Crippen molar-refractivity contribution in [3.8, 4) is 0 Å². The molecule has 0 saturated carbocycles. The van der Waals surface area contributed by atoms with Crippen molar-refractivity contribution in [1.29, 1.82) is 0 Å². The van der Waals surface area contributed by atoms with Crippen LogP contribution in [0, 0.1) is 5.92 Å².